The van der Waals surface area contributed by atoms with Crippen LogP contribution in [0.5, 0.6) is 0 Å². The molecule has 1 heteroatoms. The van der Waals surface area contributed by atoms with Crippen LogP contribution in [0.25, 0.3) is 22.0 Å². The van der Waals surface area contributed by atoms with Crippen LogP contribution in [0.2, 0.25) is 0 Å². The number of fused-ring (bicyclic) bond motifs is 5. The Labute approximate surface area is 170 Å². The molecule has 0 bridgehead atoms. The van der Waals surface area contributed by atoms with Gasteiger partial charge >= 0.3 is 0 Å². The van der Waals surface area contributed by atoms with Crippen LogP contribution >= 0.6 is 0 Å². The molecule has 1 aliphatic heterocycles. The van der Waals surface area contributed by atoms with Gasteiger partial charge in [0.2, 0.25) is 5.69 Å². The normalized spacial score (nSPS) is 15.8. The van der Waals surface area contributed by atoms with E-state index in [9.17, 15) is 0 Å². The van der Waals surface area contributed by atoms with Crippen LogP contribution in [0.4, 0.5) is 0 Å². The zero-order valence-electron chi connectivity index (χ0n) is 18.4. The van der Waals surface area contributed by atoms with Crippen LogP contribution in [0, 0.1) is 6.92 Å². The minimum atomic E-state index is 0.169. The van der Waals surface area contributed by atoms with Crippen molar-refractivity contribution in [3.8, 4) is 11.3 Å². The van der Waals surface area contributed by atoms with Crippen LogP contribution in [0.15, 0.2) is 48.7 Å². The Morgan fingerprint density at radius 1 is 0.964 bits per heavy atom. The first-order valence-corrected chi connectivity index (χ1v) is 10.9. The van der Waals surface area contributed by atoms with Crippen molar-refractivity contribution in [2.24, 2.45) is 0 Å². The third-order valence-electron chi connectivity index (χ3n) is 7.08. The van der Waals surface area contributed by atoms with Crippen molar-refractivity contribution in [2.75, 3.05) is 0 Å². The smallest absolute Gasteiger partial charge is 0.198 e. The molecule has 0 N–H and O–H groups in total. The molecule has 1 aromatic heterocycles. The maximum atomic E-state index is 2.50. The Morgan fingerprint density at radius 3 is 2.39 bits per heavy atom. The average molecular weight is 373 g/mol. The first-order valence-electron chi connectivity index (χ1n) is 10.9. The molecule has 0 saturated heterocycles. The first kappa shape index (κ1) is 19.2. The van der Waals surface area contributed by atoms with Gasteiger partial charge in [-0.15, -0.1) is 0 Å². The summed E-state index contributed by atoms with van der Waals surface area (Å²) in [5.41, 5.74) is 7.59. The number of hydrogen-bond donors (Lipinski definition) is 0. The van der Waals surface area contributed by atoms with Crippen molar-refractivity contribution in [3.63, 3.8) is 0 Å². The third kappa shape index (κ3) is 2.96. The largest absolute Gasteiger partial charge is 0.220 e. The number of aryl methyl sites for hydroxylation is 2. The number of hydrogen-bond acceptors (Lipinski definition) is 0. The minimum Gasteiger partial charge on any atom is -0.198 e. The lowest BCUT2D eigenvalue weighted by Crippen LogP contribution is -2.37. The van der Waals surface area contributed by atoms with Crippen molar-refractivity contribution in [1.29, 1.82) is 0 Å². The van der Waals surface area contributed by atoms with Crippen molar-refractivity contribution >= 4 is 10.8 Å². The zero-order valence-corrected chi connectivity index (χ0v) is 18.4. The molecule has 0 unspecified atom stereocenters. The number of nitrogens with zero attached hydrogens (tertiary/aromatic N) is 1. The van der Waals surface area contributed by atoms with Crippen molar-refractivity contribution < 1.29 is 4.57 Å². The Bertz CT molecular complexity index is 1030. The third-order valence-corrected chi connectivity index (χ3v) is 7.08. The molecule has 0 aliphatic carbocycles. The van der Waals surface area contributed by atoms with E-state index in [1.165, 1.54) is 52.4 Å². The Hall–Kier alpha value is -2.15. The topological polar surface area (TPSA) is 3.88 Å². The summed E-state index contributed by atoms with van der Waals surface area (Å²) in [4.78, 5) is 0. The van der Waals surface area contributed by atoms with Crippen LogP contribution in [-0.2, 0) is 17.4 Å². The molecule has 0 fully saturated rings. The lowest BCUT2D eigenvalue weighted by atomic mass is 9.71. The van der Waals surface area contributed by atoms with Crippen LogP contribution in [-0.4, -0.2) is 0 Å². The van der Waals surface area contributed by atoms with Gasteiger partial charge in [-0.2, -0.15) is 4.57 Å². The Balaban J connectivity index is 2.04. The molecule has 4 rings (SSSR count). The van der Waals surface area contributed by atoms with Gasteiger partial charge in [0.15, 0.2) is 6.20 Å². The van der Waals surface area contributed by atoms with Gasteiger partial charge in [-0.05, 0) is 53.8 Å². The maximum Gasteiger partial charge on any atom is 0.220 e. The summed E-state index contributed by atoms with van der Waals surface area (Å²) in [6.07, 6.45) is 5.91. The highest BCUT2D eigenvalue weighted by Gasteiger charge is 2.37. The molecular formula is C27H34N+. The van der Waals surface area contributed by atoms with Gasteiger partial charge in [-0.25, -0.2) is 0 Å². The minimum absolute atomic E-state index is 0.169. The first-order chi connectivity index (χ1) is 13.3. The van der Waals surface area contributed by atoms with E-state index >= 15 is 0 Å². The van der Waals surface area contributed by atoms with E-state index in [4.69, 9.17) is 0 Å². The summed E-state index contributed by atoms with van der Waals surface area (Å²) in [5, 5.41) is 2.73. The lowest BCUT2D eigenvalue weighted by Gasteiger charge is -2.31. The van der Waals surface area contributed by atoms with Crippen LogP contribution in [0.3, 0.4) is 0 Å². The van der Waals surface area contributed by atoms with Gasteiger partial charge < -0.3 is 0 Å². The fourth-order valence-corrected chi connectivity index (χ4v) is 5.03. The van der Waals surface area contributed by atoms with Crippen molar-refractivity contribution in [3.05, 3.63) is 65.4 Å². The number of aromatic nitrogens is 1. The van der Waals surface area contributed by atoms with E-state index in [0.29, 0.717) is 0 Å². The molecule has 28 heavy (non-hydrogen) atoms. The number of benzene rings is 2. The Kier molecular flexibility index (Phi) is 4.61. The van der Waals surface area contributed by atoms with E-state index in [-0.39, 0.29) is 10.8 Å². The molecule has 0 atom stereocenters. The van der Waals surface area contributed by atoms with E-state index < -0.39 is 0 Å². The highest BCUT2D eigenvalue weighted by atomic mass is 15.0. The van der Waals surface area contributed by atoms with Gasteiger partial charge in [0.05, 0.1) is 10.9 Å². The highest BCUT2D eigenvalue weighted by molar-refractivity contribution is 5.94. The van der Waals surface area contributed by atoms with E-state index in [2.05, 4.69) is 94.8 Å². The highest BCUT2D eigenvalue weighted by Crippen LogP contribution is 2.44. The molecule has 1 nitrogen and oxygen atoms in total. The van der Waals surface area contributed by atoms with Gasteiger partial charge in [0, 0.05) is 17.9 Å². The molecule has 0 spiro atoms. The number of pyridine rings is 1. The molecule has 146 valence electrons. The number of rotatable bonds is 2. The predicted octanol–water partition coefficient (Wildman–Crippen LogP) is 6.86. The predicted molar refractivity (Wildman–Crippen MR) is 120 cm³/mol. The molecule has 3 aromatic rings. The zero-order chi connectivity index (χ0) is 20.1. The fraction of sp³-hybridized carbons (Fsp3) is 0.444. The van der Waals surface area contributed by atoms with Gasteiger partial charge in [-0.1, -0.05) is 64.4 Å². The second-order valence-electron chi connectivity index (χ2n) is 9.70. The molecular weight excluding hydrogens is 338 g/mol. The van der Waals surface area contributed by atoms with E-state index in [0.717, 1.165) is 6.54 Å². The summed E-state index contributed by atoms with van der Waals surface area (Å²) >= 11 is 0. The maximum absolute atomic E-state index is 2.50. The van der Waals surface area contributed by atoms with Crippen molar-refractivity contribution in [1.82, 2.24) is 0 Å². The quantitative estimate of drug-likeness (QED) is 0.433. The van der Waals surface area contributed by atoms with Gasteiger partial charge in [-0.3, -0.25) is 0 Å². The van der Waals surface area contributed by atoms with Crippen LogP contribution < -0.4 is 4.57 Å². The summed E-state index contributed by atoms with van der Waals surface area (Å²) in [6, 6.07) is 16.5. The Morgan fingerprint density at radius 2 is 1.71 bits per heavy atom. The van der Waals surface area contributed by atoms with Crippen LogP contribution in [0.1, 0.15) is 70.6 Å². The average Bonchev–Trinajstić information content (AvgIpc) is 2.81. The second-order valence-corrected chi connectivity index (χ2v) is 9.70. The fourth-order valence-electron chi connectivity index (χ4n) is 5.03. The van der Waals surface area contributed by atoms with E-state index in [1.807, 2.05) is 0 Å². The standard InChI is InChI=1S/C27H34N/c1-7-27(8-2)14-16-28-15-13-20-18-21(26(4,5)6)10-12-22(20)25(28)23-11-9-19(3)17-24(23)27/h9-13,15,17-18H,7-8,14,16H2,1-6H3/q+1. The van der Waals surface area contributed by atoms with Gasteiger partial charge in [0.1, 0.15) is 6.54 Å². The summed E-state index contributed by atoms with van der Waals surface area (Å²) in [7, 11) is 0. The summed E-state index contributed by atoms with van der Waals surface area (Å²) < 4.78 is 2.50. The lowest BCUT2D eigenvalue weighted by molar-refractivity contribution is -0.685. The molecule has 1 aliphatic rings. The molecule has 0 radical (unpaired) electrons. The van der Waals surface area contributed by atoms with E-state index in [1.54, 1.807) is 5.56 Å². The van der Waals surface area contributed by atoms with Crippen molar-refractivity contribution in [2.45, 2.75) is 78.2 Å². The molecule has 0 amide bonds. The van der Waals surface area contributed by atoms with Gasteiger partial charge in [0.25, 0.3) is 0 Å². The summed E-state index contributed by atoms with van der Waals surface area (Å²) in [5.74, 6) is 0. The molecule has 2 heterocycles. The second kappa shape index (κ2) is 6.72. The molecule has 2 aromatic carbocycles. The SMILES string of the molecule is CCC1(CC)CC[n+]2ccc3cc(C(C)(C)C)ccc3c2-c2ccc(C)cc21. The molecule has 0 saturated carbocycles. The summed E-state index contributed by atoms with van der Waals surface area (Å²) in [6.45, 7) is 14.9. The monoisotopic (exact) mass is 372 g/mol.